The molecular formula is C15H9Cl2FN4OS. The summed E-state index contributed by atoms with van der Waals surface area (Å²) in [5.74, 6) is -0.333. The number of amides is 2. The molecule has 0 fully saturated rings. The van der Waals surface area contributed by atoms with E-state index in [1.807, 2.05) is 0 Å². The summed E-state index contributed by atoms with van der Waals surface area (Å²) in [5, 5.41) is 14.7. The van der Waals surface area contributed by atoms with Crippen molar-refractivity contribution in [1.29, 1.82) is 0 Å². The first-order chi connectivity index (χ1) is 11.5. The van der Waals surface area contributed by atoms with E-state index in [0.717, 1.165) is 0 Å². The van der Waals surface area contributed by atoms with Crippen molar-refractivity contribution in [2.45, 2.75) is 0 Å². The van der Waals surface area contributed by atoms with Crippen LogP contribution in [-0.2, 0) is 0 Å². The minimum Gasteiger partial charge on any atom is -0.306 e. The van der Waals surface area contributed by atoms with E-state index in [2.05, 4.69) is 20.8 Å². The molecule has 0 saturated carbocycles. The monoisotopic (exact) mass is 382 g/mol. The van der Waals surface area contributed by atoms with Crippen LogP contribution in [-0.4, -0.2) is 16.2 Å². The van der Waals surface area contributed by atoms with Crippen molar-refractivity contribution < 1.29 is 9.18 Å². The van der Waals surface area contributed by atoms with Crippen molar-refractivity contribution in [2.24, 2.45) is 0 Å². The molecule has 5 nitrogen and oxygen atoms in total. The molecule has 1 aromatic heterocycles. The van der Waals surface area contributed by atoms with Gasteiger partial charge in [0.15, 0.2) is 0 Å². The predicted molar refractivity (Wildman–Crippen MR) is 94.4 cm³/mol. The van der Waals surface area contributed by atoms with Gasteiger partial charge in [0.2, 0.25) is 5.13 Å². The van der Waals surface area contributed by atoms with Crippen LogP contribution >= 0.6 is 34.5 Å². The third-order valence-corrected chi connectivity index (χ3v) is 4.35. The minimum atomic E-state index is -0.513. The van der Waals surface area contributed by atoms with Gasteiger partial charge in [-0.25, -0.2) is 9.18 Å². The lowest BCUT2D eigenvalue weighted by molar-refractivity contribution is 0.262. The van der Waals surface area contributed by atoms with E-state index in [0.29, 0.717) is 31.4 Å². The molecule has 0 atom stereocenters. The zero-order valence-electron chi connectivity index (χ0n) is 11.9. The van der Waals surface area contributed by atoms with Crippen LogP contribution in [0, 0.1) is 5.82 Å². The van der Waals surface area contributed by atoms with E-state index in [4.69, 9.17) is 23.2 Å². The Kier molecular flexibility index (Phi) is 4.94. The van der Waals surface area contributed by atoms with Crippen molar-refractivity contribution in [3.63, 3.8) is 0 Å². The maximum atomic E-state index is 12.9. The maximum Gasteiger partial charge on any atom is 0.325 e. The average molecular weight is 383 g/mol. The molecule has 0 spiro atoms. The standard InChI is InChI=1S/C15H9Cl2FN4OS/c16-9-3-6-12(11(17)7-9)19-14(23)20-15-22-21-13(24-15)8-1-4-10(18)5-2-8/h1-7H,(H2,19,20,22,23). The van der Waals surface area contributed by atoms with Gasteiger partial charge >= 0.3 is 6.03 Å². The van der Waals surface area contributed by atoms with E-state index < -0.39 is 6.03 Å². The first-order valence-corrected chi connectivity index (χ1v) is 8.21. The molecular weight excluding hydrogens is 374 g/mol. The van der Waals surface area contributed by atoms with Gasteiger partial charge in [-0.3, -0.25) is 5.32 Å². The summed E-state index contributed by atoms with van der Waals surface area (Å²) < 4.78 is 12.9. The Morgan fingerprint density at radius 3 is 2.50 bits per heavy atom. The van der Waals surface area contributed by atoms with E-state index in [9.17, 15) is 9.18 Å². The number of carbonyl (C=O) groups is 1. The number of nitrogens with zero attached hydrogens (tertiary/aromatic N) is 2. The minimum absolute atomic E-state index is 0.303. The Morgan fingerprint density at radius 1 is 1.04 bits per heavy atom. The van der Waals surface area contributed by atoms with Crippen molar-refractivity contribution in [3.8, 4) is 10.6 Å². The smallest absolute Gasteiger partial charge is 0.306 e. The second kappa shape index (κ2) is 7.12. The lowest BCUT2D eigenvalue weighted by Gasteiger charge is -2.07. The van der Waals surface area contributed by atoms with E-state index in [1.54, 1.807) is 24.3 Å². The van der Waals surface area contributed by atoms with Gasteiger partial charge in [-0.1, -0.05) is 34.5 Å². The number of halogens is 3. The molecule has 0 aliphatic rings. The fourth-order valence-electron chi connectivity index (χ4n) is 1.82. The van der Waals surface area contributed by atoms with Gasteiger partial charge in [-0.15, -0.1) is 10.2 Å². The third-order valence-electron chi connectivity index (χ3n) is 2.92. The predicted octanol–water partition coefficient (Wildman–Crippen LogP) is 5.30. The second-order valence-electron chi connectivity index (χ2n) is 4.62. The van der Waals surface area contributed by atoms with E-state index >= 15 is 0 Å². The number of nitrogens with one attached hydrogen (secondary N) is 2. The van der Waals surface area contributed by atoms with Crippen LogP contribution in [0.2, 0.25) is 10.0 Å². The summed E-state index contributed by atoms with van der Waals surface area (Å²) in [4.78, 5) is 12.0. The summed E-state index contributed by atoms with van der Waals surface area (Å²) in [5.41, 5.74) is 1.13. The highest BCUT2D eigenvalue weighted by atomic mass is 35.5. The Hall–Kier alpha value is -2.22. The Labute approximate surface area is 150 Å². The van der Waals surface area contributed by atoms with E-state index in [1.165, 1.54) is 29.5 Å². The van der Waals surface area contributed by atoms with Gasteiger partial charge in [-0.2, -0.15) is 0 Å². The second-order valence-corrected chi connectivity index (χ2v) is 6.44. The highest BCUT2D eigenvalue weighted by Crippen LogP contribution is 2.28. The van der Waals surface area contributed by atoms with Gasteiger partial charge in [0.25, 0.3) is 0 Å². The first kappa shape index (κ1) is 16.6. The molecule has 0 saturated heterocycles. The zero-order valence-corrected chi connectivity index (χ0v) is 14.2. The molecule has 24 heavy (non-hydrogen) atoms. The Bertz CT molecular complexity index is 885. The van der Waals surface area contributed by atoms with Crippen molar-refractivity contribution in [1.82, 2.24) is 10.2 Å². The van der Waals surface area contributed by atoms with Crippen LogP contribution in [0.15, 0.2) is 42.5 Å². The van der Waals surface area contributed by atoms with Gasteiger partial charge in [0.1, 0.15) is 10.8 Å². The molecule has 3 rings (SSSR count). The Morgan fingerprint density at radius 2 is 1.79 bits per heavy atom. The summed E-state index contributed by atoms with van der Waals surface area (Å²) in [7, 11) is 0. The number of benzene rings is 2. The van der Waals surface area contributed by atoms with Crippen molar-refractivity contribution >= 4 is 51.4 Å². The van der Waals surface area contributed by atoms with Crippen LogP contribution in [0.5, 0.6) is 0 Å². The number of rotatable bonds is 3. The van der Waals surface area contributed by atoms with Gasteiger partial charge in [0.05, 0.1) is 10.7 Å². The molecule has 0 unspecified atom stereocenters. The number of aromatic nitrogens is 2. The molecule has 122 valence electrons. The number of hydrogen-bond donors (Lipinski definition) is 2. The molecule has 1 heterocycles. The number of urea groups is 1. The molecule has 2 aromatic carbocycles. The van der Waals surface area contributed by atoms with Crippen molar-refractivity contribution in [3.05, 3.63) is 58.3 Å². The molecule has 0 aliphatic heterocycles. The SMILES string of the molecule is O=C(Nc1nnc(-c2ccc(F)cc2)s1)Nc1ccc(Cl)cc1Cl. The fraction of sp³-hybridized carbons (Fsp3) is 0. The first-order valence-electron chi connectivity index (χ1n) is 6.64. The maximum absolute atomic E-state index is 12.9. The average Bonchev–Trinajstić information content (AvgIpc) is 2.99. The molecule has 2 N–H and O–H groups in total. The highest BCUT2D eigenvalue weighted by Gasteiger charge is 2.11. The van der Waals surface area contributed by atoms with Crippen molar-refractivity contribution in [2.75, 3.05) is 10.6 Å². The fourth-order valence-corrected chi connectivity index (χ4v) is 3.02. The van der Waals surface area contributed by atoms with Gasteiger partial charge < -0.3 is 5.32 Å². The lowest BCUT2D eigenvalue weighted by atomic mass is 10.2. The topological polar surface area (TPSA) is 66.9 Å². The Balaban J connectivity index is 1.68. The number of hydrogen-bond acceptors (Lipinski definition) is 4. The third kappa shape index (κ3) is 4.00. The molecule has 3 aromatic rings. The molecule has 0 radical (unpaired) electrons. The van der Waals surface area contributed by atoms with Crippen LogP contribution in [0.1, 0.15) is 0 Å². The van der Waals surface area contributed by atoms with Crippen LogP contribution in [0.25, 0.3) is 10.6 Å². The lowest BCUT2D eigenvalue weighted by Crippen LogP contribution is -2.19. The summed E-state index contributed by atoms with van der Waals surface area (Å²) in [6.07, 6.45) is 0. The highest BCUT2D eigenvalue weighted by molar-refractivity contribution is 7.18. The largest absolute Gasteiger partial charge is 0.325 e. The van der Waals surface area contributed by atoms with Gasteiger partial charge in [-0.05, 0) is 42.5 Å². The normalized spacial score (nSPS) is 10.5. The zero-order chi connectivity index (χ0) is 17.1. The summed E-state index contributed by atoms with van der Waals surface area (Å²) >= 11 is 13.0. The molecule has 9 heteroatoms. The molecule has 0 bridgehead atoms. The number of anilines is 2. The molecule has 0 aliphatic carbocycles. The van der Waals surface area contributed by atoms with Gasteiger partial charge in [0, 0.05) is 10.6 Å². The summed E-state index contributed by atoms with van der Waals surface area (Å²) in [6, 6.07) is 10.1. The summed E-state index contributed by atoms with van der Waals surface area (Å²) in [6.45, 7) is 0. The van der Waals surface area contributed by atoms with Crippen LogP contribution < -0.4 is 10.6 Å². The quantitative estimate of drug-likeness (QED) is 0.645. The van der Waals surface area contributed by atoms with Crippen LogP contribution in [0.3, 0.4) is 0 Å². The van der Waals surface area contributed by atoms with Crippen LogP contribution in [0.4, 0.5) is 20.0 Å². The number of carbonyl (C=O) groups excluding carboxylic acids is 1. The molecule has 2 amide bonds. The van der Waals surface area contributed by atoms with E-state index in [-0.39, 0.29) is 5.82 Å².